The second-order valence-electron chi connectivity index (χ2n) is 7.22. The van der Waals surface area contributed by atoms with Crippen molar-refractivity contribution in [1.82, 2.24) is 10.2 Å². The maximum Gasteiger partial charge on any atom is 0.251 e. The molecule has 0 bridgehead atoms. The molecule has 2 aromatic rings. The molecule has 2 aromatic carbocycles. The van der Waals surface area contributed by atoms with Crippen LogP contribution in [-0.4, -0.2) is 30.5 Å². The van der Waals surface area contributed by atoms with E-state index >= 15 is 0 Å². The fraction of sp³-hybridized carbons (Fsp3) is 0.435. The van der Waals surface area contributed by atoms with Crippen LogP contribution in [0.3, 0.4) is 0 Å². The standard InChI is InChI=1S/C23H30N2O2/c1-2-3-14-27-22-11-7-8-19(16-22)17-24-23(26)21-10-6-9-20(15-21)18-25-12-4-5-13-25/h6-11,15-16H,2-5,12-14,17-18H2,1H3,(H,24,26). The van der Waals surface area contributed by atoms with Crippen molar-refractivity contribution in [2.45, 2.75) is 45.7 Å². The largest absolute Gasteiger partial charge is 0.494 e. The van der Waals surface area contributed by atoms with E-state index in [-0.39, 0.29) is 5.91 Å². The van der Waals surface area contributed by atoms with Crippen LogP contribution in [0.2, 0.25) is 0 Å². The smallest absolute Gasteiger partial charge is 0.251 e. The first-order chi connectivity index (χ1) is 13.2. The molecule has 3 rings (SSSR count). The van der Waals surface area contributed by atoms with Crippen molar-refractivity contribution in [1.29, 1.82) is 0 Å². The summed E-state index contributed by atoms with van der Waals surface area (Å²) in [6.07, 6.45) is 4.73. The molecule has 0 radical (unpaired) electrons. The molecule has 1 saturated heterocycles. The van der Waals surface area contributed by atoms with E-state index in [1.807, 2.05) is 42.5 Å². The van der Waals surface area contributed by atoms with Gasteiger partial charge in [0.25, 0.3) is 5.91 Å². The summed E-state index contributed by atoms with van der Waals surface area (Å²) < 4.78 is 5.74. The molecule has 1 aliphatic heterocycles. The monoisotopic (exact) mass is 366 g/mol. The van der Waals surface area contributed by atoms with Crippen molar-refractivity contribution < 1.29 is 9.53 Å². The highest BCUT2D eigenvalue weighted by atomic mass is 16.5. The zero-order valence-electron chi connectivity index (χ0n) is 16.2. The highest BCUT2D eigenvalue weighted by molar-refractivity contribution is 5.94. The highest BCUT2D eigenvalue weighted by Crippen LogP contribution is 2.15. The van der Waals surface area contributed by atoms with Crippen LogP contribution in [0.25, 0.3) is 0 Å². The highest BCUT2D eigenvalue weighted by Gasteiger charge is 2.13. The number of carbonyl (C=O) groups excluding carboxylic acids is 1. The van der Waals surface area contributed by atoms with Gasteiger partial charge >= 0.3 is 0 Å². The first kappa shape index (κ1) is 19.4. The number of ether oxygens (including phenoxy) is 1. The third-order valence-corrected chi connectivity index (χ3v) is 4.91. The zero-order valence-corrected chi connectivity index (χ0v) is 16.2. The summed E-state index contributed by atoms with van der Waals surface area (Å²) >= 11 is 0. The second-order valence-corrected chi connectivity index (χ2v) is 7.22. The maximum absolute atomic E-state index is 12.5. The Labute approximate surface area is 162 Å². The Balaban J connectivity index is 1.53. The molecule has 4 nitrogen and oxygen atoms in total. The lowest BCUT2D eigenvalue weighted by atomic mass is 10.1. The van der Waals surface area contributed by atoms with Crippen molar-refractivity contribution in [2.24, 2.45) is 0 Å². The lowest BCUT2D eigenvalue weighted by Gasteiger charge is -2.15. The topological polar surface area (TPSA) is 41.6 Å². The predicted molar refractivity (Wildman–Crippen MR) is 109 cm³/mol. The van der Waals surface area contributed by atoms with E-state index in [0.717, 1.165) is 56.0 Å². The van der Waals surface area contributed by atoms with Crippen molar-refractivity contribution in [3.05, 3.63) is 65.2 Å². The van der Waals surface area contributed by atoms with E-state index in [1.165, 1.54) is 18.4 Å². The van der Waals surface area contributed by atoms with Crippen LogP contribution in [0.4, 0.5) is 0 Å². The number of nitrogens with one attached hydrogen (secondary N) is 1. The average molecular weight is 367 g/mol. The SMILES string of the molecule is CCCCOc1cccc(CNC(=O)c2cccc(CN3CCCC3)c2)c1. The van der Waals surface area contributed by atoms with Crippen LogP contribution in [0.15, 0.2) is 48.5 Å². The number of hydrogen-bond acceptors (Lipinski definition) is 3. The summed E-state index contributed by atoms with van der Waals surface area (Å²) in [5.41, 5.74) is 2.98. The Kier molecular flexibility index (Phi) is 7.28. The lowest BCUT2D eigenvalue weighted by Crippen LogP contribution is -2.23. The van der Waals surface area contributed by atoms with Crippen LogP contribution >= 0.6 is 0 Å². The number of likely N-dealkylation sites (tertiary alicyclic amines) is 1. The molecule has 4 heteroatoms. The molecule has 0 aromatic heterocycles. The number of benzene rings is 2. The molecule has 1 fully saturated rings. The van der Waals surface area contributed by atoms with Crippen molar-refractivity contribution >= 4 is 5.91 Å². The number of amides is 1. The Hall–Kier alpha value is -2.33. The van der Waals surface area contributed by atoms with E-state index in [1.54, 1.807) is 0 Å². The average Bonchev–Trinajstić information content (AvgIpc) is 3.20. The molecule has 0 spiro atoms. The number of nitrogens with zero attached hydrogens (tertiary/aromatic N) is 1. The normalized spacial score (nSPS) is 14.3. The van der Waals surface area contributed by atoms with Crippen LogP contribution in [-0.2, 0) is 13.1 Å². The molecular weight excluding hydrogens is 336 g/mol. The fourth-order valence-corrected chi connectivity index (χ4v) is 3.37. The first-order valence-corrected chi connectivity index (χ1v) is 10.1. The number of hydrogen-bond donors (Lipinski definition) is 1. The summed E-state index contributed by atoms with van der Waals surface area (Å²) in [7, 11) is 0. The number of unbranched alkanes of at least 4 members (excludes halogenated alkanes) is 1. The number of carbonyl (C=O) groups is 1. The van der Waals surface area contributed by atoms with Gasteiger partial charge < -0.3 is 10.1 Å². The maximum atomic E-state index is 12.5. The van der Waals surface area contributed by atoms with Gasteiger partial charge in [-0.15, -0.1) is 0 Å². The Bertz CT molecular complexity index is 739. The van der Waals surface area contributed by atoms with Crippen LogP contribution in [0.1, 0.15) is 54.1 Å². The Morgan fingerprint density at radius 1 is 1.07 bits per heavy atom. The van der Waals surface area contributed by atoms with E-state index < -0.39 is 0 Å². The fourth-order valence-electron chi connectivity index (χ4n) is 3.37. The molecule has 1 aliphatic rings. The minimum Gasteiger partial charge on any atom is -0.494 e. The second kappa shape index (κ2) is 10.1. The molecule has 144 valence electrons. The third kappa shape index (κ3) is 6.10. The molecular formula is C23H30N2O2. The van der Waals surface area contributed by atoms with Gasteiger partial charge in [-0.25, -0.2) is 0 Å². The molecule has 0 unspecified atom stereocenters. The quantitative estimate of drug-likeness (QED) is 0.669. The van der Waals surface area contributed by atoms with Crippen molar-refractivity contribution in [3.63, 3.8) is 0 Å². The molecule has 0 atom stereocenters. The van der Waals surface area contributed by atoms with E-state index in [2.05, 4.69) is 23.2 Å². The zero-order chi connectivity index (χ0) is 18.9. The Morgan fingerprint density at radius 2 is 1.85 bits per heavy atom. The molecule has 1 heterocycles. The van der Waals surface area contributed by atoms with Gasteiger partial charge in [-0.2, -0.15) is 0 Å². The molecule has 0 saturated carbocycles. The summed E-state index contributed by atoms with van der Waals surface area (Å²) in [6.45, 7) is 6.63. The van der Waals surface area contributed by atoms with Gasteiger partial charge in [0.15, 0.2) is 0 Å². The number of rotatable bonds is 9. The van der Waals surface area contributed by atoms with Gasteiger partial charge in [0, 0.05) is 18.7 Å². The summed E-state index contributed by atoms with van der Waals surface area (Å²) in [4.78, 5) is 15.0. The summed E-state index contributed by atoms with van der Waals surface area (Å²) in [5, 5.41) is 3.02. The van der Waals surface area contributed by atoms with E-state index in [0.29, 0.717) is 6.54 Å². The first-order valence-electron chi connectivity index (χ1n) is 10.1. The van der Waals surface area contributed by atoms with Crippen molar-refractivity contribution in [2.75, 3.05) is 19.7 Å². The molecule has 0 aliphatic carbocycles. The van der Waals surface area contributed by atoms with Gasteiger partial charge in [0.1, 0.15) is 5.75 Å². The van der Waals surface area contributed by atoms with E-state index in [4.69, 9.17) is 4.74 Å². The van der Waals surface area contributed by atoms with Gasteiger partial charge in [-0.05, 0) is 67.7 Å². The van der Waals surface area contributed by atoms with Crippen LogP contribution in [0.5, 0.6) is 5.75 Å². The molecule has 1 N–H and O–H groups in total. The summed E-state index contributed by atoms with van der Waals surface area (Å²) in [5.74, 6) is 0.832. The Morgan fingerprint density at radius 3 is 2.67 bits per heavy atom. The third-order valence-electron chi connectivity index (χ3n) is 4.91. The molecule has 27 heavy (non-hydrogen) atoms. The minimum absolute atomic E-state index is 0.0319. The van der Waals surface area contributed by atoms with Crippen LogP contribution in [0, 0.1) is 0 Å². The van der Waals surface area contributed by atoms with Gasteiger partial charge in [-0.3, -0.25) is 9.69 Å². The lowest BCUT2D eigenvalue weighted by molar-refractivity contribution is 0.0950. The van der Waals surface area contributed by atoms with Crippen LogP contribution < -0.4 is 10.1 Å². The predicted octanol–water partition coefficient (Wildman–Crippen LogP) is 4.39. The van der Waals surface area contributed by atoms with Crippen molar-refractivity contribution in [3.8, 4) is 5.75 Å². The van der Waals surface area contributed by atoms with Gasteiger partial charge in [0.2, 0.25) is 0 Å². The summed E-state index contributed by atoms with van der Waals surface area (Å²) in [6, 6.07) is 15.9. The van der Waals surface area contributed by atoms with Gasteiger partial charge in [-0.1, -0.05) is 37.6 Å². The van der Waals surface area contributed by atoms with E-state index in [9.17, 15) is 4.79 Å². The minimum atomic E-state index is -0.0319. The van der Waals surface area contributed by atoms with Gasteiger partial charge in [0.05, 0.1) is 6.61 Å². The molecule has 1 amide bonds.